The molecule has 1 aliphatic heterocycles. The first-order chi connectivity index (χ1) is 10.2. The molecule has 4 heteroatoms. The maximum absolute atomic E-state index is 9.73. The summed E-state index contributed by atoms with van der Waals surface area (Å²) in [4.78, 5) is 0. The van der Waals surface area contributed by atoms with Crippen LogP contribution >= 0.6 is 0 Å². The number of nitrogens with zero attached hydrogens (tertiary/aromatic N) is 1. The molecule has 0 bridgehead atoms. The van der Waals surface area contributed by atoms with Gasteiger partial charge >= 0.3 is 0 Å². The standard InChI is InChI=1S/C18H25NO3/c1-17(2,3)16-9-12-8-13(20)6-7-15(12)19(16)10-14-11-21-18(4,5)22-14/h6-9,14,20H,10-11H2,1-5H3. The van der Waals surface area contributed by atoms with Gasteiger partial charge in [-0.25, -0.2) is 0 Å². The lowest BCUT2D eigenvalue weighted by Gasteiger charge is -2.24. The van der Waals surface area contributed by atoms with E-state index >= 15 is 0 Å². The van der Waals surface area contributed by atoms with Gasteiger partial charge in [0, 0.05) is 22.0 Å². The molecule has 2 heterocycles. The van der Waals surface area contributed by atoms with Gasteiger partial charge in [-0.1, -0.05) is 20.8 Å². The first kappa shape index (κ1) is 15.4. The van der Waals surface area contributed by atoms with Gasteiger partial charge in [-0.3, -0.25) is 0 Å². The minimum absolute atomic E-state index is 0.0175. The summed E-state index contributed by atoms with van der Waals surface area (Å²) in [7, 11) is 0. The molecule has 1 N–H and O–H groups in total. The van der Waals surface area contributed by atoms with E-state index in [4.69, 9.17) is 9.47 Å². The highest BCUT2D eigenvalue weighted by Crippen LogP contribution is 2.33. The molecule has 0 amide bonds. The van der Waals surface area contributed by atoms with Crippen LogP contribution < -0.4 is 0 Å². The lowest BCUT2D eigenvalue weighted by atomic mass is 9.92. The Morgan fingerprint density at radius 3 is 2.59 bits per heavy atom. The molecule has 0 saturated carbocycles. The summed E-state index contributed by atoms with van der Waals surface area (Å²) in [5, 5.41) is 10.8. The number of benzene rings is 1. The molecule has 22 heavy (non-hydrogen) atoms. The van der Waals surface area contributed by atoms with Gasteiger partial charge < -0.3 is 19.1 Å². The van der Waals surface area contributed by atoms with Crippen molar-refractivity contribution in [3.8, 4) is 5.75 Å². The van der Waals surface area contributed by atoms with E-state index < -0.39 is 5.79 Å². The first-order valence-corrected chi connectivity index (χ1v) is 7.80. The Labute approximate surface area is 131 Å². The predicted molar refractivity (Wildman–Crippen MR) is 87.2 cm³/mol. The van der Waals surface area contributed by atoms with Gasteiger partial charge in [0.2, 0.25) is 0 Å². The number of phenolic OH excluding ortho intramolecular Hbond substituents is 1. The molecule has 0 aliphatic carbocycles. The minimum Gasteiger partial charge on any atom is -0.508 e. The van der Waals surface area contributed by atoms with Crippen LogP contribution in [0.5, 0.6) is 5.75 Å². The average Bonchev–Trinajstić information content (AvgIpc) is 2.90. The third-order valence-corrected chi connectivity index (χ3v) is 4.11. The van der Waals surface area contributed by atoms with Crippen molar-refractivity contribution in [2.75, 3.05) is 6.61 Å². The van der Waals surface area contributed by atoms with E-state index in [9.17, 15) is 5.11 Å². The number of rotatable bonds is 2. The summed E-state index contributed by atoms with van der Waals surface area (Å²) < 4.78 is 13.9. The highest BCUT2D eigenvalue weighted by molar-refractivity contribution is 5.83. The van der Waals surface area contributed by atoms with Crippen molar-refractivity contribution in [1.82, 2.24) is 4.57 Å². The van der Waals surface area contributed by atoms with Crippen molar-refractivity contribution in [1.29, 1.82) is 0 Å². The van der Waals surface area contributed by atoms with E-state index in [2.05, 4.69) is 31.4 Å². The second kappa shape index (κ2) is 5.00. The van der Waals surface area contributed by atoms with Crippen molar-refractivity contribution >= 4 is 10.9 Å². The predicted octanol–water partition coefficient (Wildman–Crippen LogP) is 3.80. The quantitative estimate of drug-likeness (QED) is 0.918. The Hall–Kier alpha value is -1.52. The van der Waals surface area contributed by atoms with Crippen LogP contribution in [0.1, 0.15) is 40.3 Å². The van der Waals surface area contributed by atoms with Gasteiger partial charge in [0.25, 0.3) is 0 Å². The Bertz CT molecular complexity index is 694. The molecule has 1 aromatic heterocycles. The normalized spacial score (nSPS) is 21.6. The Morgan fingerprint density at radius 1 is 1.27 bits per heavy atom. The third kappa shape index (κ3) is 2.85. The van der Waals surface area contributed by atoms with Gasteiger partial charge in [0.05, 0.1) is 13.2 Å². The number of aromatic nitrogens is 1. The average molecular weight is 303 g/mol. The topological polar surface area (TPSA) is 43.6 Å². The minimum atomic E-state index is -0.506. The molecule has 0 radical (unpaired) electrons. The zero-order chi connectivity index (χ0) is 16.1. The summed E-state index contributed by atoms with van der Waals surface area (Å²) in [5.41, 5.74) is 2.38. The molecule has 3 rings (SSSR count). The van der Waals surface area contributed by atoms with E-state index in [1.54, 1.807) is 6.07 Å². The van der Waals surface area contributed by atoms with E-state index in [0.717, 1.165) is 17.4 Å². The van der Waals surface area contributed by atoms with Crippen LogP contribution in [0.4, 0.5) is 0 Å². The van der Waals surface area contributed by atoms with Gasteiger partial charge in [-0.2, -0.15) is 0 Å². The summed E-state index contributed by atoms with van der Waals surface area (Å²) in [6.07, 6.45) is 0.0421. The van der Waals surface area contributed by atoms with Crippen molar-refractivity contribution in [2.24, 2.45) is 0 Å². The largest absolute Gasteiger partial charge is 0.508 e. The first-order valence-electron chi connectivity index (χ1n) is 7.80. The molecule has 0 spiro atoms. The molecule has 2 aromatic rings. The molecule has 120 valence electrons. The number of hydrogen-bond donors (Lipinski definition) is 1. The molecular formula is C18H25NO3. The molecule has 1 atom stereocenters. The van der Waals surface area contributed by atoms with Gasteiger partial charge in [-0.05, 0) is 38.1 Å². The van der Waals surface area contributed by atoms with Crippen molar-refractivity contribution in [3.05, 3.63) is 30.0 Å². The lowest BCUT2D eigenvalue weighted by Crippen LogP contribution is -2.26. The van der Waals surface area contributed by atoms with E-state index in [1.807, 2.05) is 26.0 Å². The smallest absolute Gasteiger partial charge is 0.163 e. The zero-order valence-corrected chi connectivity index (χ0v) is 14.0. The highest BCUT2D eigenvalue weighted by Gasteiger charge is 2.34. The molecule has 1 unspecified atom stereocenters. The number of hydrogen-bond acceptors (Lipinski definition) is 3. The lowest BCUT2D eigenvalue weighted by molar-refractivity contribution is -0.139. The maximum Gasteiger partial charge on any atom is 0.163 e. The Balaban J connectivity index is 2.03. The fourth-order valence-electron chi connectivity index (χ4n) is 3.13. The molecule has 1 aliphatic rings. The molecule has 4 nitrogen and oxygen atoms in total. The Morgan fingerprint density at radius 2 is 2.00 bits per heavy atom. The second-order valence-electron chi connectivity index (χ2n) is 7.58. The van der Waals surface area contributed by atoms with Crippen molar-refractivity contribution < 1.29 is 14.6 Å². The van der Waals surface area contributed by atoms with Crippen LogP contribution in [-0.4, -0.2) is 28.2 Å². The molecule has 1 fully saturated rings. The molecule has 1 saturated heterocycles. The van der Waals surface area contributed by atoms with E-state index in [0.29, 0.717) is 12.4 Å². The fraction of sp³-hybridized carbons (Fsp3) is 0.556. The summed E-state index contributed by atoms with van der Waals surface area (Å²) in [5.74, 6) is -0.208. The van der Waals surface area contributed by atoms with Crippen molar-refractivity contribution in [3.63, 3.8) is 0 Å². The fourth-order valence-corrected chi connectivity index (χ4v) is 3.13. The van der Waals surface area contributed by atoms with Gasteiger partial charge in [0.1, 0.15) is 11.9 Å². The SMILES string of the molecule is CC1(C)OCC(Cn2c(C(C)(C)C)cc3cc(O)ccc32)O1. The number of fused-ring (bicyclic) bond motifs is 1. The second-order valence-corrected chi connectivity index (χ2v) is 7.58. The molecular weight excluding hydrogens is 278 g/mol. The number of phenols is 1. The van der Waals surface area contributed by atoms with Crippen LogP contribution in [-0.2, 0) is 21.4 Å². The van der Waals surface area contributed by atoms with Gasteiger partial charge in [-0.15, -0.1) is 0 Å². The van der Waals surface area contributed by atoms with Crippen molar-refractivity contribution in [2.45, 2.75) is 58.5 Å². The summed E-state index contributed by atoms with van der Waals surface area (Å²) >= 11 is 0. The maximum atomic E-state index is 9.73. The third-order valence-electron chi connectivity index (χ3n) is 4.11. The van der Waals surface area contributed by atoms with E-state index in [1.165, 1.54) is 5.69 Å². The number of aromatic hydroxyl groups is 1. The van der Waals surface area contributed by atoms with Crippen LogP contribution in [0.3, 0.4) is 0 Å². The Kier molecular flexibility index (Phi) is 3.49. The monoisotopic (exact) mass is 303 g/mol. The van der Waals surface area contributed by atoms with Crippen LogP contribution in [0.2, 0.25) is 0 Å². The van der Waals surface area contributed by atoms with Crippen LogP contribution in [0.15, 0.2) is 24.3 Å². The number of ether oxygens (including phenoxy) is 2. The van der Waals surface area contributed by atoms with Crippen LogP contribution in [0.25, 0.3) is 10.9 Å². The summed E-state index contributed by atoms with van der Waals surface area (Å²) in [6, 6.07) is 7.69. The van der Waals surface area contributed by atoms with Gasteiger partial charge in [0.15, 0.2) is 5.79 Å². The highest BCUT2D eigenvalue weighted by atomic mass is 16.7. The van der Waals surface area contributed by atoms with Crippen LogP contribution in [0, 0.1) is 0 Å². The van der Waals surface area contributed by atoms with E-state index in [-0.39, 0.29) is 11.5 Å². The summed E-state index contributed by atoms with van der Waals surface area (Å²) in [6.45, 7) is 11.9. The zero-order valence-electron chi connectivity index (χ0n) is 14.0. The molecule has 1 aromatic carbocycles.